The minimum atomic E-state index is -0.771. The van der Waals surface area contributed by atoms with E-state index < -0.39 is 11.9 Å². The maximum absolute atomic E-state index is 14.6. The van der Waals surface area contributed by atoms with Gasteiger partial charge in [-0.3, -0.25) is 9.59 Å². The second-order valence-corrected chi connectivity index (χ2v) is 8.74. The van der Waals surface area contributed by atoms with Gasteiger partial charge >= 0.3 is 0 Å². The van der Waals surface area contributed by atoms with Gasteiger partial charge in [-0.25, -0.2) is 4.39 Å². The first-order chi connectivity index (χ1) is 16.4. The van der Waals surface area contributed by atoms with E-state index in [-0.39, 0.29) is 30.8 Å². The van der Waals surface area contributed by atoms with Gasteiger partial charge in [0.15, 0.2) is 0 Å². The number of carbonyl (C=O) groups is 2. The topological polar surface area (TPSA) is 49.4 Å². The molecule has 0 bridgehead atoms. The number of nitrogens with zero attached hydrogens (tertiary/aromatic N) is 1. The average Bonchev–Trinajstić information content (AvgIpc) is 2.84. The second-order valence-electron chi connectivity index (χ2n) is 8.74. The van der Waals surface area contributed by atoms with Crippen molar-refractivity contribution in [2.75, 3.05) is 0 Å². The molecule has 2 atom stereocenters. The molecule has 0 aliphatic rings. The van der Waals surface area contributed by atoms with Crippen LogP contribution in [0.1, 0.15) is 42.5 Å². The molecule has 0 fully saturated rings. The van der Waals surface area contributed by atoms with Crippen molar-refractivity contribution in [1.82, 2.24) is 10.2 Å². The fourth-order valence-corrected chi connectivity index (χ4v) is 3.88. The van der Waals surface area contributed by atoms with Crippen LogP contribution in [-0.2, 0) is 29.0 Å². The third-order valence-corrected chi connectivity index (χ3v) is 6.17. The molecule has 0 aromatic heterocycles. The van der Waals surface area contributed by atoms with Crippen LogP contribution in [0.15, 0.2) is 78.9 Å². The van der Waals surface area contributed by atoms with Crippen LogP contribution in [0.5, 0.6) is 0 Å². The summed E-state index contributed by atoms with van der Waals surface area (Å²) in [6.45, 7) is 5.91. The Morgan fingerprint density at radius 1 is 0.912 bits per heavy atom. The monoisotopic (exact) mass is 460 g/mol. The van der Waals surface area contributed by atoms with Gasteiger partial charge < -0.3 is 10.2 Å². The minimum absolute atomic E-state index is 0.0167. The summed E-state index contributed by atoms with van der Waals surface area (Å²) in [6, 6.07) is 22.9. The molecule has 0 aliphatic carbocycles. The fourth-order valence-electron chi connectivity index (χ4n) is 3.88. The number of rotatable bonds is 10. The summed E-state index contributed by atoms with van der Waals surface area (Å²) in [6.07, 6.45) is 1.26. The van der Waals surface area contributed by atoms with E-state index in [4.69, 9.17) is 0 Å². The van der Waals surface area contributed by atoms with E-state index in [0.717, 1.165) is 23.1 Å². The summed E-state index contributed by atoms with van der Waals surface area (Å²) in [5.41, 5.74) is 3.22. The predicted molar refractivity (Wildman–Crippen MR) is 134 cm³/mol. The largest absolute Gasteiger partial charge is 0.352 e. The maximum atomic E-state index is 14.6. The van der Waals surface area contributed by atoms with Gasteiger partial charge in [-0.05, 0) is 43.0 Å². The zero-order valence-corrected chi connectivity index (χ0v) is 20.1. The molecule has 3 aromatic rings. The number of benzene rings is 3. The lowest BCUT2D eigenvalue weighted by Crippen LogP contribution is -2.52. The van der Waals surface area contributed by atoms with Crippen molar-refractivity contribution in [2.45, 2.75) is 58.7 Å². The van der Waals surface area contributed by atoms with Crippen molar-refractivity contribution in [3.63, 3.8) is 0 Å². The first kappa shape index (κ1) is 25.2. The van der Waals surface area contributed by atoms with E-state index in [1.807, 2.05) is 75.4 Å². The highest BCUT2D eigenvalue weighted by molar-refractivity contribution is 5.89. The number of halogens is 1. The number of amides is 2. The van der Waals surface area contributed by atoms with Crippen molar-refractivity contribution >= 4 is 11.8 Å². The Balaban J connectivity index is 2.00. The van der Waals surface area contributed by atoms with E-state index in [2.05, 4.69) is 5.32 Å². The maximum Gasteiger partial charge on any atom is 0.243 e. The van der Waals surface area contributed by atoms with Crippen LogP contribution in [0.2, 0.25) is 0 Å². The zero-order valence-electron chi connectivity index (χ0n) is 20.1. The molecule has 4 nitrogen and oxygen atoms in total. The molecule has 178 valence electrons. The second kappa shape index (κ2) is 12.1. The molecule has 0 aliphatic heterocycles. The van der Waals surface area contributed by atoms with E-state index in [1.165, 1.54) is 11.0 Å². The molecule has 34 heavy (non-hydrogen) atoms. The van der Waals surface area contributed by atoms with Crippen LogP contribution >= 0.6 is 0 Å². The summed E-state index contributed by atoms with van der Waals surface area (Å²) >= 11 is 0. The molecule has 0 spiro atoms. The van der Waals surface area contributed by atoms with Crippen molar-refractivity contribution < 1.29 is 14.0 Å². The molecular weight excluding hydrogens is 427 g/mol. The predicted octanol–water partition coefficient (Wildman–Crippen LogP) is 5.23. The molecule has 3 aromatic carbocycles. The van der Waals surface area contributed by atoms with Gasteiger partial charge in [0.1, 0.15) is 11.9 Å². The summed E-state index contributed by atoms with van der Waals surface area (Å²) in [5.74, 6) is -0.831. The molecule has 0 saturated carbocycles. The van der Waals surface area contributed by atoms with E-state index >= 15 is 0 Å². The molecule has 0 saturated heterocycles. The number of aryl methyl sites for hydroxylation is 1. The van der Waals surface area contributed by atoms with Crippen LogP contribution < -0.4 is 5.32 Å². The Kier molecular flexibility index (Phi) is 8.97. The van der Waals surface area contributed by atoms with Gasteiger partial charge in [-0.2, -0.15) is 0 Å². The van der Waals surface area contributed by atoms with E-state index in [9.17, 15) is 14.0 Å². The Hall–Kier alpha value is -3.47. The molecule has 0 heterocycles. The number of carbonyl (C=O) groups excluding carboxylic acids is 2. The molecule has 0 unspecified atom stereocenters. The molecule has 5 heteroatoms. The van der Waals surface area contributed by atoms with Gasteiger partial charge in [-0.15, -0.1) is 0 Å². The highest BCUT2D eigenvalue weighted by Gasteiger charge is 2.31. The molecule has 3 rings (SSSR count). The molecule has 2 amide bonds. The SMILES string of the molecule is CC[C@@H](C)NC(=O)[C@H](Cc1ccccc1)N(Cc1ccccc1F)C(=O)Cc1ccccc1C. The smallest absolute Gasteiger partial charge is 0.243 e. The number of hydrogen-bond acceptors (Lipinski definition) is 2. The van der Waals surface area contributed by atoms with E-state index in [0.29, 0.717) is 12.0 Å². The third kappa shape index (κ3) is 6.77. The Bertz CT molecular complexity index is 1100. The van der Waals surface area contributed by atoms with Crippen LogP contribution in [0, 0.1) is 12.7 Å². The van der Waals surface area contributed by atoms with Crippen molar-refractivity contribution in [3.8, 4) is 0 Å². The Morgan fingerprint density at radius 2 is 1.53 bits per heavy atom. The van der Waals surface area contributed by atoms with Crippen LogP contribution in [0.3, 0.4) is 0 Å². The Labute approximate surface area is 201 Å². The lowest BCUT2D eigenvalue weighted by molar-refractivity contribution is -0.141. The van der Waals surface area contributed by atoms with Crippen molar-refractivity contribution in [2.24, 2.45) is 0 Å². The van der Waals surface area contributed by atoms with Gasteiger partial charge in [0.05, 0.1) is 6.42 Å². The van der Waals surface area contributed by atoms with Gasteiger partial charge in [-0.1, -0.05) is 79.7 Å². The third-order valence-electron chi connectivity index (χ3n) is 6.17. The number of hydrogen-bond donors (Lipinski definition) is 1. The normalized spacial score (nSPS) is 12.6. The first-order valence-corrected chi connectivity index (χ1v) is 11.8. The lowest BCUT2D eigenvalue weighted by Gasteiger charge is -2.32. The molecule has 1 N–H and O–H groups in total. The highest BCUT2D eigenvalue weighted by atomic mass is 19.1. The van der Waals surface area contributed by atoms with Crippen LogP contribution in [0.25, 0.3) is 0 Å². The van der Waals surface area contributed by atoms with Gasteiger partial charge in [0.25, 0.3) is 0 Å². The van der Waals surface area contributed by atoms with Gasteiger partial charge in [0, 0.05) is 24.6 Å². The van der Waals surface area contributed by atoms with Crippen LogP contribution in [0.4, 0.5) is 4.39 Å². The quantitative estimate of drug-likeness (QED) is 0.450. The summed E-state index contributed by atoms with van der Waals surface area (Å²) in [5, 5.41) is 3.03. The molecule has 0 radical (unpaired) electrons. The number of nitrogens with one attached hydrogen (secondary N) is 1. The summed E-state index contributed by atoms with van der Waals surface area (Å²) in [7, 11) is 0. The fraction of sp³-hybridized carbons (Fsp3) is 0.310. The van der Waals surface area contributed by atoms with Crippen molar-refractivity contribution in [3.05, 3.63) is 107 Å². The van der Waals surface area contributed by atoms with Crippen LogP contribution in [-0.4, -0.2) is 28.8 Å². The average molecular weight is 461 g/mol. The first-order valence-electron chi connectivity index (χ1n) is 11.8. The minimum Gasteiger partial charge on any atom is -0.352 e. The van der Waals surface area contributed by atoms with Crippen molar-refractivity contribution in [1.29, 1.82) is 0 Å². The van der Waals surface area contributed by atoms with Gasteiger partial charge in [0.2, 0.25) is 11.8 Å². The Morgan fingerprint density at radius 3 is 2.18 bits per heavy atom. The zero-order chi connectivity index (χ0) is 24.5. The summed E-state index contributed by atoms with van der Waals surface area (Å²) in [4.78, 5) is 28.7. The lowest BCUT2D eigenvalue weighted by atomic mass is 10.00. The summed E-state index contributed by atoms with van der Waals surface area (Å²) < 4.78 is 14.6. The highest BCUT2D eigenvalue weighted by Crippen LogP contribution is 2.19. The van der Waals surface area contributed by atoms with E-state index in [1.54, 1.807) is 18.2 Å². The molecular formula is C29H33FN2O2. The standard InChI is InChI=1S/C29H33FN2O2/c1-4-22(3)31-29(34)27(18-23-13-6-5-7-14-23)32(20-25-16-10-11-17-26(25)30)28(33)19-24-15-9-8-12-21(24)2/h5-17,22,27H,4,18-20H2,1-3H3,(H,31,34)/t22-,27+/m1/s1.